The summed E-state index contributed by atoms with van der Waals surface area (Å²) in [4.78, 5) is 0. The highest BCUT2D eigenvalue weighted by Crippen LogP contribution is 2.31. The summed E-state index contributed by atoms with van der Waals surface area (Å²) in [5.74, 6) is 0.854. The summed E-state index contributed by atoms with van der Waals surface area (Å²) in [5, 5.41) is 13.7. The molecular formula is C13H18ClNO. The van der Waals surface area contributed by atoms with Gasteiger partial charge in [0.05, 0.1) is 6.61 Å². The quantitative estimate of drug-likeness (QED) is 0.849. The Hall–Kier alpha value is -0.570. The summed E-state index contributed by atoms with van der Waals surface area (Å²) in [7, 11) is 0. The number of hydrogen-bond acceptors (Lipinski definition) is 2. The molecule has 1 atom stereocenters. The predicted octanol–water partition coefficient (Wildman–Crippen LogP) is 2.42. The van der Waals surface area contributed by atoms with Gasteiger partial charge in [0.25, 0.3) is 0 Å². The Morgan fingerprint density at radius 3 is 2.44 bits per heavy atom. The Balaban J connectivity index is 2.11. The van der Waals surface area contributed by atoms with E-state index in [9.17, 15) is 5.11 Å². The zero-order valence-electron chi connectivity index (χ0n) is 9.32. The lowest BCUT2D eigenvalue weighted by Crippen LogP contribution is -2.32. The van der Waals surface area contributed by atoms with Gasteiger partial charge in [0.15, 0.2) is 0 Å². The second kappa shape index (κ2) is 5.67. The van der Waals surface area contributed by atoms with Gasteiger partial charge in [0.2, 0.25) is 0 Å². The van der Waals surface area contributed by atoms with Crippen molar-refractivity contribution in [1.29, 1.82) is 0 Å². The maximum absolute atomic E-state index is 9.55. The third kappa shape index (κ3) is 2.76. The van der Waals surface area contributed by atoms with Crippen LogP contribution in [0.3, 0.4) is 0 Å². The lowest BCUT2D eigenvalue weighted by Gasteiger charge is -2.29. The third-order valence-corrected chi connectivity index (χ3v) is 3.70. The van der Waals surface area contributed by atoms with Crippen molar-refractivity contribution in [1.82, 2.24) is 5.32 Å². The Morgan fingerprint density at radius 1 is 1.25 bits per heavy atom. The van der Waals surface area contributed by atoms with Gasteiger partial charge in [-0.25, -0.2) is 0 Å². The molecule has 0 radical (unpaired) electrons. The van der Waals surface area contributed by atoms with Gasteiger partial charge in [-0.1, -0.05) is 23.7 Å². The molecule has 1 aromatic rings. The number of aliphatic hydroxyl groups excluding tert-OH is 1. The molecule has 0 aliphatic carbocycles. The van der Waals surface area contributed by atoms with E-state index in [4.69, 9.17) is 11.6 Å². The van der Waals surface area contributed by atoms with Crippen molar-refractivity contribution in [2.75, 3.05) is 19.7 Å². The Labute approximate surface area is 102 Å². The Bertz CT molecular complexity index is 319. The summed E-state index contributed by atoms with van der Waals surface area (Å²) in [5.41, 5.74) is 1.21. The molecule has 1 aliphatic heterocycles. The molecule has 2 nitrogen and oxygen atoms in total. The zero-order valence-corrected chi connectivity index (χ0v) is 10.1. The van der Waals surface area contributed by atoms with Crippen LogP contribution in [0.4, 0.5) is 0 Å². The van der Waals surface area contributed by atoms with E-state index < -0.39 is 0 Å². The van der Waals surface area contributed by atoms with Crippen molar-refractivity contribution >= 4 is 11.6 Å². The van der Waals surface area contributed by atoms with Gasteiger partial charge in [-0.05, 0) is 49.5 Å². The summed E-state index contributed by atoms with van der Waals surface area (Å²) >= 11 is 5.87. The first-order valence-electron chi connectivity index (χ1n) is 5.88. The molecular weight excluding hydrogens is 222 g/mol. The minimum absolute atomic E-state index is 0.228. The Morgan fingerprint density at radius 2 is 1.88 bits per heavy atom. The Kier molecular flexibility index (Phi) is 4.22. The fraction of sp³-hybridized carbons (Fsp3) is 0.538. The fourth-order valence-corrected chi connectivity index (χ4v) is 2.61. The number of hydrogen-bond donors (Lipinski definition) is 2. The first-order valence-corrected chi connectivity index (χ1v) is 6.26. The van der Waals surface area contributed by atoms with Crippen molar-refractivity contribution in [3.05, 3.63) is 34.9 Å². The number of halogens is 1. The van der Waals surface area contributed by atoms with E-state index in [2.05, 4.69) is 5.32 Å². The molecule has 1 aromatic carbocycles. The first kappa shape index (κ1) is 11.9. The molecule has 2 rings (SSSR count). The molecule has 3 heteroatoms. The molecule has 1 heterocycles. The molecule has 0 spiro atoms. The van der Waals surface area contributed by atoms with Crippen LogP contribution in [0.25, 0.3) is 0 Å². The topological polar surface area (TPSA) is 32.3 Å². The van der Waals surface area contributed by atoms with Crippen LogP contribution in [-0.4, -0.2) is 24.8 Å². The van der Waals surface area contributed by atoms with Crippen molar-refractivity contribution in [3.8, 4) is 0 Å². The molecule has 1 unspecified atom stereocenters. The standard InChI is InChI=1S/C13H18ClNO/c14-12-3-1-10(2-4-12)13(9-16)11-5-7-15-8-6-11/h1-4,11,13,15-16H,5-9H2. The molecule has 2 N–H and O–H groups in total. The number of piperidine rings is 1. The molecule has 0 saturated carbocycles. The van der Waals surface area contributed by atoms with E-state index in [1.807, 2.05) is 24.3 Å². The third-order valence-electron chi connectivity index (χ3n) is 3.45. The van der Waals surface area contributed by atoms with E-state index in [1.165, 1.54) is 5.56 Å². The lowest BCUT2D eigenvalue weighted by atomic mass is 9.81. The van der Waals surface area contributed by atoms with Crippen molar-refractivity contribution in [2.24, 2.45) is 5.92 Å². The van der Waals surface area contributed by atoms with Crippen molar-refractivity contribution in [3.63, 3.8) is 0 Å². The van der Waals surface area contributed by atoms with Crippen LogP contribution in [0.5, 0.6) is 0 Å². The maximum Gasteiger partial charge on any atom is 0.0502 e. The van der Waals surface area contributed by atoms with Crippen LogP contribution in [0.15, 0.2) is 24.3 Å². The molecule has 16 heavy (non-hydrogen) atoms. The second-order valence-electron chi connectivity index (χ2n) is 4.43. The fourth-order valence-electron chi connectivity index (χ4n) is 2.48. The van der Waals surface area contributed by atoms with Crippen LogP contribution in [0.1, 0.15) is 24.3 Å². The number of benzene rings is 1. The lowest BCUT2D eigenvalue weighted by molar-refractivity contribution is 0.201. The summed E-state index contributed by atoms with van der Waals surface area (Å²) in [6, 6.07) is 7.87. The number of nitrogens with one attached hydrogen (secondary N) is 1. The second-order valence-corrected chi connectivity index (χ2v) is 4.86. The van der Waals surface area contributed by atoms with Gasteiger partial charge >= 0.3 is 0 Å². The van der Waals surface area contributed by atoms with Crippen LogP contribution in [-0.2, 0) is 0 Å². The van der Waals surface area contributed by atoms with E-state index in [1.54, 1.807) is 0 Å². The van der Waals surface area contributed by atoms with Crippen molar-refractivity contribution < 1.29 is 5.11 Å². The molecule has 1 saturated heterocycles. The van der Waals surface area contributed by atoms with Crippen LogP contribution in [0, 0.1) is 5.92 Å². The number of aliphatic hydroxyl groups is 1. The number of rotatable bonds is 3. The average molecular weight is 240 g/mol. The van der Waals surface area contributed by atoms with E-state index >= 15 is 0 Å². The summed E-state index contributed by atoms with van der Waals surface area (Å²) in [6.45, 7) is 2.36. The SMILES string of the molecule is OCC(c1ccc(Cl)cc1)C1CCNCC1. The van der Waals surface area contributed by atoms with Crippen molar-refractivity contribution in [2.45, 2.75) is 18.8 Å². The smallest absolute Gasteiger partial charge is 0.0502 e. The highest BCUT2D eigenvalue weighted by atomic mass is 35.5. The molecule has 0 amide bonds. The van der Waals surface area contributed by atoms with Gasteiger partial charge in [0.1, 0.15) is 0 Å². The minimum atomic E-state index is 0.228. The highest BCUT2D eigenvalue weighted by molar-refractivity contribution is 6.30. The summed E-state index contributed by atoms with van der Waals surface area (Å²) < 4.78 is 0. The van der Waals surface area contributed by atoms with Gasteiger partial charge in [-0.15, -0.1) is 0 Å². The van der Waals surface area contributed by atoms with Crippen LogP contribution in [0.2, 0.25) is 5.02 Å². The molecule has 0 aromatic heterocycles. The molecule has 0 bridgehead atoms. The largest absolute Gasteiger partial charge is 0.396 e. The summed E-state index contributed by atoms with van der Waals surface area (Å²) in [6.07, 6.45) is 2.29. The maximum atomic E-state index is 9.55. The molecule has 88 valence electrons. The van der Waals surface area contributed by atoms with Gasteiger partial charge < -0.3 is 10.4 Å². The van der Waals surface area contributed by atoms with Crippen LogP contribution >= 0.6 is 11.6 Å². The highest BCUT2D eigenvalue weighted by Gasteiger charge is 2.24. The normalized spacial score (nSPS) is 19.6. The predicted molar refractivity (Wildman–Crippen MR) is 66.9 cm³/mol. The first-order chi connectivity index (χ1) is 7.81. The van der Waals surface area contributed by atoms with Crippen LogP contribution < -0.4 is 5.32 Å². The van der Waals surface area contributed by atoms with Gasteiger partial charge in [-0.2, -0.15) is 0 Å². The minimum Gasteiger partial charge on any atom is -0.396 e. The molecule has 1 aliphatic rings. The van der Waals surface area contributed by atoms with Gasteiger partial charge in [-0.3, -0.25) is 0 Å². The molecule has 1 fully saturated rings. The van der Waals surface area contributed by atoms with Gasteiger partial charge in [0, 0.05) is 10.9 Å². The van der Waals surface area contributed by atoms with E-state index in [0.717, 1.165) is 31.0 Å². The average Bonchev–Trinajstić information content (AvgIpc) is 2.34. The van der Waals surface area contributed by atoms with E-state index in [0.29, 0.717) is 5.92 Å². The monoisotopic (exact) mass is 239 g/mol. The van der Waals surface area contributed by atoms with E-state index in [-0.39, 0.29) is 12.5 Å². The zero-order chi connectivity index (χ0) is 11.4.